The Morgan fingerprint density at radius 2 is 1.33 bits per heavy atom. The monoisotopic (exact) mass is 590 g/mol. The molecule has 0 fully saturated rings. The second-order valence-electron chi connectivity index (χ2n) is 11.6. The van der Waals surface area contributed by atoms with Crippen molar-refractivity contribution in [3.8, 4) is 0 Å². The normalized spacial score (nSPS) is 16.9. The van der Waals surface area contributed by atoms with Crippen molar-refractivity contribution in [2.45, 2.75) is 99.3 Å². The number of aliphatic imine (C=N–C) groups is 1. The lowest BCUT2D eigenvalue weighted by atomic mass is 9.96. The number of aliphatic carboxylic acids is 2. The van der Waals surface area contributed by atoms with Crippen LogP contribution in [0.2, 0.25) is 0 Å². The summed E-state index contributed by atoms with van der Waals surface area (Å²) in [6.45, 7) is 11.7. The van der Waals surface area contributed by atoms with Crippen molar-refractivity contribution in [1.29, 1.82) is 0 Å². The molecule has 43 heavy (non-hydrogen) atoms. The molecule has 0 spiro atoms. The van der Waals surface area contributed by atoms with Crippen LogP contribution in [0, 0.1) is 19.8 Å². The quantitative estimate of drug-likeness (QED) is 0.212. The Hall–Kier alpha value is -4.21. The number of H-pyrrole nitrogens is 2. The third-order valence-electron chi connectivity index (χ3n) is 9.06. The Bertz CT molecular complexity index is 1580. The number of hydrogen-bond donors (Lipinski definition) is 5. The maximum atomic E-state index is 12.4. The predicted molar refractivity (Wildman–Crippen MR) is 163 cm³/mol. The molecule has 2 amide bonds. The first-order valence-electron chi connectivity index (χ1n) is 15.0. The molecule has 2 aromatic rings. The third kappa shape index (κ3) is 6.58. The first-order chi connectivity index (χ1) is 20.4. The number of carboxylic acid groups (broad SMARTS) is 2. The van der Waals surface area contributed by atoms with E-state index in [0.29, 0.717) is 38.5 Å². The Balaban J connectivity index is 1.73. The molecule has 2 aliphatic rings. The Morgan fingerprint density at radius 1 is 0.791 bits per heavy atom. The lowest BCUT2D eigenvalue weighted by Crippen LogP contribution is -2.20. The fraction of sp³-hybridized carbons (Fsp3) is 0.485. The molecule has 10 heteroatoms. The lowest BCUT2D eigenvalue weighted by Gasteiger charge is -2.07. The number of carbonyl (C=O) groups is 4. The zero-order chi connectivity index (χ0) is 31.6. The summed E-state index contributed by atoms with van der Waals surface area (Å²) in [7, 11) is 0. The summed E-state index contributed by atoms with van der Waals surface area (Å²) in [5, 5.41) is 21.9. The van der Waals surface area contributed by atoms with Gasteiger partial charge in [-0.25, -0.2) is 4.99 Å². The number of aromatic amines is 2. The standard InChI is InChI=1S/C33H42N4O6/c1-7-20-19(6)32(42)37-27(20)14-25-18(5)23(10-12-31(40)41)29(35-25)15-28-22(9-11-30(38)39)17(4)24(34-28)13-26-16(3)21(8-2)33(43)36-26/h19,34-35H,7-15H2,1-6H3,(H,37,42)(H,38,39)(H,40,41). The van der Waals surface area contributed by atoms with Gasteiger partial charge in [-0.3, -0.25) is 19.2 Å². The van der Waals surface area contributed by atoms with Crippen LogP contribution in [-0.2, 0) is 51.3 Å². The van der Waals surface area contributed by atoms with Crippen LogP contribution < -0.4 is 5.32 Å². The zero-order valence-electron chi connectivity index (χ0n) is 25.9. The summed E-state index contributed by atoms with van der Waals surface area (Å²) >= 11 is 0. The number of carbonyl (C=O) groups excluding carboxylic acids is 2. The summed E-state index contributed by atoms with van der Waals surface area (Å²) in [4.78, 5) is 59.2. The minimum atomic E-state index is -0.891. The van der Waals surface area contributed by atoms with Crippen LogP contribution in [0.25, 0.3) is 0 Å². The van der Waals surface area contributed by atoms with E-state index in [1.807, 2.05) is 41.5 Å². The number of allylic oxidation sites excluding steroid dienone is 2. The van der Waals surface area contributed by atoms with E-state index < -0.39 is 11.9 Å². The van der Waals surface area contributed by atoms with E-state index in [2.05, 4.69) is 20.3 Å². The number of nitrogens with one attached hydrogen (secondary N) is 3. The van der Waals surface area contributed by atoms with Crippen LogP contribution in [-0.4, -0.2) is 49.6 Å². The van der Waals surface area contributed by atoms with Crippen LogP contribution in [0.4, 0.5) is 0 Å². The molecule has 0 saturated heterocycles. The molecule has 0 radical (unpaired) electrons. The van der Waals surface area contributed by atoms with Gasteiger partial charge >= 0.3 is 11.9 Å². The first-order valence-corrected chi connectivity index (χ1v) is 15.0. The maximum Gasteiger partial charge on any atom is 0.303 e. The Kier molecular flexibility index (Phi) is 9.57. The Morgan fingerprint density at radius 3 is 1.79 bits per heavy atom. The summed E-state index contributed by atoms with van der Waals surface area (Å²) in [6, 6.07) is 0. The van der Waals surface area contributed by atoms with Crippen molar-refractivity contribution in [3.63, 3.8) is 0 Å². The van der Waals surface area contributed by atoms with Gasteiger partial charge in [0, 0.05) is 66.1 Å². The molecule has 1 unspecified atom stereocenters. The predicted octanol–water partition coefficient (Wildman–Crippen LogP) is 4.81. The molecule has 4 rings (SSSR count). The molecule has 230 valence electrons. The minimum absolute atomic E-state index is 0.00967. The molecule has 0 aromatic carbocycles. The highest BCUT2D eigenvalue weighted by molar-refractivity contribution is 6.19. The molecule has 10 nitrogen and oxygen atoms in total. The van der Waals surface area contributed by atoms with Gasteiger partial charge in [0.05, 0.1) is 11.6 Å². The average Bonchev–Trinajstić information content (AvgIpc) is 3.59. The van der Waals surface area contributed by atoms with Crippen molar-refractivity contribution < 1.29 is 29.4 Å². The van der Waals surface area contributed by atoms with Crippen LogP contribution in [0.15, 0.2) is 27.4 Å². The van der Waals surface area contributed by atoms with Gasteiger partial charge in [-0.1, -0.05) is 13.8 Å². The third-order valence-corrected chi connectivity index (χ3v) is 9.06. The van der Waals surface area contributed by atoms with Gasteiger partial charge in [0.1, 0.15) is 0 Å². The van der Waals surface area contributed by atoms with E-state index in [-0.39, 0.29) is 30.6 Å². The molecular weight excluding hydrogens is 548 g/mol. The van der Waals surface area contributed by atoms with Gasteiger partial charge in [0.2, 0.25) is 5.91 Å². The topological polar surface area (TPSA) is 165 Å². The average molecular weight is 591 g/mol. The van der Waals surface area contributed by atoms with Crippen molar-refractivity contribution in [1.82, 2.24) is 15.3 Å². The van der Waals surface area contributed by atoms with Crippen molar-refractivity contribution in [2.24, 2.45) is 10.9 Å². The molecule has 0 aliphatic carbocycles. The van der Waals surface area contributed by atoms with Gasteiger partial charge in [-0.2, -0.15) is 0 Å². The molecule has 0 saturated carbocycles. The molecule has 0 bridgehead atoms. The highest BCUT2D eigenvalue weighted by Crippen LogP contribution is 2.32. The zero-order valence-corrected chi connectivity index (χ0v) is 25.9. The van der Waals surface area contributed by atoms with E-state index in [4.69, 9.17) is 0 Å². The number of hydrogen-bond acceptors (Lipinski definition) is 4. The summed E-state index contributed by atoms with van der Waals surface area (Å²) in [6.07, 6.45) is 3.35. The molecular formula is C33H42N4O6. The van der Waals surface area contributed by atoms with Gasteiger partial charge in [0.25, 0.3) is 5.91 Å². The summed E-state index contributed by atoms with van der Waals surface area (Å²) in [5.41, 5.74) is 11.6. The van der Waals surface area contributed by atoms with E-state index in [1.54, 1.807) is 0 Å². The van der Waals surface area contributed by atoms with Gasteiger partial charge in [-0.15, -0.1) is 0 Å². The minimum Gasteiger partial charge on any atom is -0.481 e. The number of rotatable bonds is 14. The number of aromatic nitrogens is 2. The fourth-order valence-corrected chi connectivity index (χ4v) is 6.47. The Labute approximate surface area is 251 Å². The SMILES string of the molecule is CCC1=C(C)C(Cc2[nH]c(Cc3[nH]c(CC4=C(CC)C(C)C(=O)N4)c(C)c3CCC(=O)O)c(CCC(=O)O)c2C)=NC1=O. The largest absolute Gasteiger partial charge is 0.481 e. The highest BCUT2D eigenvalue weighted by atomic mass is 16.4. The van der Waals surface area contributed by atoms with E-state index in [9.17, 15) is 29.4 Å². The van der Waals surface area contributed by atoms with Crippen LogP contribution in [0.1, 0.15) is 98.4 Å². The molecule has 1 atom stereocenters. The molecule has 2 aromatic heterocycles. The van der Waals surface area contributed by atoms with Gasteiger partial charge in [-0.05, 0) is 86.8 Å². The molecule has 4 heterocycles. The van der Waals surface area contributed by atoms with E-state index in [1.165, 1.54) is 0 Å². The number of amides is 2. The van der Waals surface area contributed by atoms with E-state index in [0.717, 1.165) is 79.6 Å². The second kappa shape index (κ2) is 13.0. The van der Waals surface area contributed by atoms with Crippen molar-refractivity contribution >= 4 is 29.5 Å². The number of carboxylic acids is 2. The molecule has 5 N–H and O–H groups in total. The fourth-order valence-electron chi connectivity index (χ4n) is 6.47. The van der Waals surface area contributed by atoms with Crippen LogP contribution >= 0.6 is 0 Å². The van der Waals surface area contributed by atoms with Gasteiger partial charge in [0.15, 0.2) is 0 Å². The second-order valence-corrected chi connectivity index (χ2v) is 11.6. The lowest BCUT2D eigenvalue weighted by molar-refractivity contribution is -0.138. The van der Waals surface area contributed by atoms with Crippen molar-refractivity contribution in [2.75, 3.05) is 0 Å². The molecule has 2 aliphatic heterocycles. The summed E-state index contributed by atoms with van der Waals surface area (Å²) in [5.74, 6) is -2.16. The van der Waals surface area contributed by atoms with Crippen LogP contribution in [0.3, 0.4) is 0 Å². The highest BCUT2D eigenvalue weighted by Gasteiger charge is 2.30. The van der Waals surface area contributed by atoms with Gasteiger partial charge < -0.3 is 25.5 Å². The maximum absolute atomic E-state index is 12.4. The number of nitrogens with zero attached hydrogens (tertiary/aromatic N) is 1. The van der Waals surface area contributed by atoms with Crippen LogP contribution in [0.5, 0.6) is 0 Å². The summed E-state index contributed by atoms with van der Waals surface area (Å²) < 4.78 is 0. The smallest absolute Gasteiger partial charge is 0.303 e. The first kappa shape index (κ1) is 31.7. The van der Waals surface area contributed by atoms with E-state index >= 15 is 0 Å². The van der Waals surface area contributed by atoms with Crippen molar-refractivity contribution in [3.05, 3.63) is 67.4 Å².